The first-order chi connectivity index (χ1) is 6.79. The molecule has 0 unspecified atom stereocenters. The van der Waals surface area contributed by atoms with Gasteiger partial charge in [-0.25, -0.2) is 0 Å². The van der Waals surface area contributed by atoms with E-state index in [1.165, 1.54) is 0 Å². The Hall–Kier alpha value is -1.22. The second kappa shape index (κ2) is 4.11. The Bertz CT molecular complexity index is 342. The van der Waals surface area contributed by atoms with Crippen molar-refractivity contribution < 1.29 is 5.11 Å². The Morgan fingerprint density at radius 1 is 1.40 bits per heavy atom. The zero-order valence-corrected chi connectivity index (χ0v) is 9.91. The van der Waals surface area contributed by atoms with Crippen molar-refractivity contribution in [1.29, 1.82) is 0 Å². The SMILES string of the molecule is Cc1ccc(N)cc1N(C)CC(C)(C)O. The number of hydrogen-bond donors (Lipinski definition) is 2. The number of rotatable bonds is 3. The number of aliphatic hydroxyl groups is 1. The van der Waals surface area contributed by atoms with Crippen LogP contribution in [0.15, 0.2) is 18.2 Å². The molecule has 1 aromatic rings. The second-order valence-electron chi connectivity index (χ2n) is 4.71. The number of aryl methyl sites for hydroxylation is 1. The number of nitrogens with zero attached hydrogens (tertiary/aromatic N) is 1. The summed E-state index contributed by atoms with van der Waals surface area (Å²) in [6, 6.07) is 5.81. The number of anilines is 2. The van der Waals surface area contributed by atoms with E-state index in [0.29, 0.717) is 6.54 Å². The third-order valence-electron chi connectivity index (χ3n) is 2.27. The maximum atomic E-state index is 9.74. The first-order valence-corrected chi connectivity index (χ1v) is 5.09. The van der Waals surface area contributed by atoms with Gasteiger partial charge < -0.3 is 15.7 Å². The Labute approximate surface area is 91.5 Å². The molecule has 3 N–H and O–H groups in total. The van der Waals surface area contributed by atoms with E-state index in [2.05, 4.69) is 0 Å². The molecule has 0 heterocycles. The molecule has 0 fully saturated rings. The van der Waals surface area contributed by atoms with E-state index in [9.17, 15) is 5.11 Å². The lowest BCUT2D eigenvalue weighted by Gasteiger charge is -2.28. The molecule has 0 amide bonds. The van der Waals surface area contributed by atoms with E-state index in [1.54, 1.807) is 13.8 Å². The number of likely N-dealkylation sites (N-methyl/N-ethyl adjacent to an activating group) is 1. The maximum Gasteiger partial charge on any atom is 0.0765 e. The molecule has 15 heavy (non-hydrogen) atoms. The molecule has 0 bridgehead atoms. The highest BCUT2D eigenvalue weighted by molar-refractivity contribution is 5.60. The largest absolute Gasteiger partial charge is 0.399 e. The van der Waals surface area contributed by atoms with Crippen LogP contribution in [0.4, 0.5) is 11.4 Å². The summed E-state index contributed by atoms with van der Waals surface area (Å²) in [5.74, 6) is 0. The van der Waals surface area contributed by atoms with Crippen LogP contribution in [0.5, 0.6) is 0 Å². The van der Waals surface area contributed by atoms with Crippen molar-refractivity contribution in [3.05, 3.63) is 23.8 Å². The number of nitrogen functional groups attached to an aromatic ring is 1. The molecule has 0 aliphatic carbocycles. The molecule has 0 aliphatic rings. The van der Waals surface area contributed by atoms with E-state index >= 15 is 0 Å². The van der Waals surface area contributed by atoms with E-state index < -0.39 is 5.60 Å². The average Bonchev–Trinajstić information content (AvgIpc) is 2.06. The number of benzene rings is 1. The molecule has 0 radical (unpaired) electrons. The highest BCUT2D eigenvalue weighted by atomic mass is 16.3. The molecule has 0 saturated heterocycles. The summed E-state index contributed by atoms with van der Waals surface area (Å²) >= 11 is 0. The quantitative estimate of drug-likeness (QED) is 0.744. The fourth-order valence-electron chi connectivity index (χ4n) is 1.70. The molecule has 1 rings (SSSR count). The van der Waals surface area contributed by atoms with E-state index in [0.717, 1.165) is 16.9 Å². The standard InChI is InChI=1S/C12H20N2O/c1-9-5-6-10(13)7-11(9)14(4)8-12(2,3)15/h5-7,15H,8,13H2,1-4H3. The molecule has 0 saturated carbocycles. The summed E-state index contributed by atoms with van der Waals surface area (Å²) in [5.41, 5.74) is 8.02. The Kier molecular flexibility index (Phi) is 3.25. The van der Waals surface area contributed by atoms with Crippen LogP contribution in [-0.2, 0) is 0 Å². The topological polar surface area (TPSA) is 49.5 Å². The molecule has 0 aromatic heterocycles. The summed E-state index contributed by atoms with van der Waals surface area (Å²) in [6.07, 6.45) is 0. The smallest absolute Gasteiger partial charge is 0.0765 e. The Morgan fingerprint density at radius 3 is 2.53 bits per heavy atom. The summed E-state index contributed by atoms with van der Waals surface area (Å²) < 4.78 is 0. The van der Waals surface area contributed by atoms with Gasteiger partial charge in [0, 0.05) is 25.0 Å². The van der Waals surface area contributed by atoms with Crippen molar-refractivity contribution in [1.82, 2.24) is 0 Å². The molecule has 3 heteroatoms. The van der Waals surface area contributed by atoms with Crippen LogP contribution >= 0.6 is 0 Å². The summed E-state index contributed by atoms with van der Waals surface area (Å²) in [5, 5.41) is 9.74. The minimum absolute atomic E-state index is 0.581. The molecule has 0 spiro atoms. The fourth-order valence-corrected chi connectivity index (χ4v) is 1.70. The number of hydrogen-bond acceptors (Lipinski definition) is 3. The minimum atomic E-state index is -0.703. The Balaban J connectivity index is 2.90. The highest BCUT2D eigenvalue weighted by Gasteiger charge is 2.16. The van der Waals surface area contributed by atoms with Gasteiger partial charge in [-0.05, 0) is 38.5 Å². The Morgan fingerprint density at radius 2 is 2.00 bits per heavy atom. The van der Waals surface area contributed by atoms with Gasteiger partial charge in [-0.15, -0.1) is 0 Å². The van der Waals surface area contributed by atoms with Gasteiger partial charge in [0.2, 0.25) is 0 Å². The van der Waals surface area contributed by atoms with Crippen molar-refractivity contribution in [2.75, 3.05) is 24.2 Å². The van der Waals surface area contributed by atoms with Crippen LogP contribution in [-0.4, -0.2) is 24.3 Å². The van der Waals surface area contributed by atoms with Crippen molar-refractivity contribution >= 4 is 11.4 Å². The van der Waals surface area contributed by atoms with E-state index in [4.69, 9.17) is 5.73 Å². The first kappa shape index (κ1) is 11.9. The lowest BCUT2D eigenvalue weighted by atomic mass is 10.1. The van der Waals surface area contributed by atoms with Gasteiger partial charge in [0.25, 0.3) is 0 Å². The van der Waals surface area contributed by atoms with Crippen molar-refractivity contribution in [3.8, 4) is 0 Å². The van der Waals surface area contributed by atoms with Crippen molar-refractivity contribution in [2.45, 2.75) is 26.4 Å². The zero-order valence-electron chi connectivity index (χ0n) is 9.91. The third-order valence-corrected chi connectivity index (χ3v) is 2.27. The molecule has 84 valence electrons. The first-order valence-electron chi connectivity index (χ1n) is 5.09. The van der Waals surface area contributed by atoms with Crippen LogP contribution in [0.25, 0.3) is 0 Å². The second-order valence-corrected chi connectivity index (χ2v) is 4.71. The molecular formula is C12H20N2O. The van der Waals surface area contributed by atoms with Crippen molar-refractivity contribution in [2.24, 2.45) is 0 Å². The van der Waals surface area contributed by atoms with Gasteiger partial charge in [-0.3, -0.25) is 0 Å². The van der Waals surface area contributed by atoms with Crippen molar-refractivity contribution in [3.63, 3.8) is 0 Å². The summed E-state index contributed by atoms with van der Waals surface area (Å²) in [6.45, 7) is 6.21. The minimum Gasteiger partial charge on any atom is -0.399 e. The lowest BCUT2D eigenvalue weighted by molar-refractivity contribution is 0.0886. The van der Waals surface area contributed by atoms with Gasteiger partial charge in [-0.2, -0.15) is 0 Å². The molecular weight excluding hydrogens is 188 g/mol. The van der Waals surface area contributed by atoms with E-state index in [1.807, 2.05) is 37.1 Å². The summed E-state index contributed by atoms with van der Waals surface area (Å²) in [7, 11) is 1.96. The summed E-state index contributed by atoms with van der Waals surface area (Å²) in [4.78, 5) is 2.02. The van der Waals surface area contributed by atoms with Crippen LogP contribution in [0.3, 0.4) is 0 Å². The number of nitrogens with two attached hydrogens (primary N) is 1. The van der Waals surface area contributed by atoms with Gasteiger partial charge in [0.1, 0.15) is 0 Å². The third kappa shape index (κ3) is 3.44. The van der Waals surface area contributed by atoms with Gasteiger partial charge in [-0.1, -0.05) is 6.07 Å². The van der Waals surface area contributed by atoms with Crippen LogP contribution < -0.4 is 10.6 Å². The predicted octanol–water partition coefficient (Wildman–Crippen LogP) is 1.78. The van der Waals surface area contributed by atoms with Crippen LogP contribution in [0.2, 0.25) is 0 Å². The monoisotopic (exact) mass is 208 g/mol. The molecule has 0 aliphatic heterocycles. The zero-order chi connectivity index (χ0) is 11.6. The normalized spacial score (nSPS) is 11.5. The van der Waals surface area contributed by atoms with Gasteiger partial charge in [0.15, 0.2) is 0 Å². The molecule has 1 aromatic carbocycles. The molecule has 0 atom stereocenters. The lowest BCUT2D eigenvalue weighted by Crippen LogP contribution is -2.36. The maximum absolute atomic E-state index is 9.74. The van der Waals surface area contributed by atoms with Gasteiger partial charge in [0.05, 0.1) is 5.60 Å². The van der Waals surface area contributed by atoms with Gasteiger partial charge >= 0.3 is 0 Å². The average molecular weight is 208 g/mol. The van der Waals surface area contributed by atoms with E-state index in [-0.39, 0.29) is 0 Å². The molecule has 3 nitrogen and oxygen atoms in total. The predicted molar refractivity (Wildman–Crippen MR) is 65.2 cm³/mol. The fraction of sp³-hybridized carbons (Fsp3) is 0.500. The highest BCUT2D eigenvalue weighted by Crippen LogP contribution is 2.23. The van der Waals surface area contributed by atoms with Crippen LogP contribution in [0.1, 0.15) is 19.4 Å². The van der Waals surface area contributed by atoms with Crippen LogP contribution in [0, 0.1) is 6.92 Å².